The van der Waals surface area contributed by atoms with Crippen LogP contribution in [0.1, 0.15) is 12.8 Å². The Morgan fingerprint density at radius 3 is 3.00 bits per heavy atom. The molecule has 0 atom stereocenters. The van der Waals surface area contributed by atoms with Crippen molar-refractivity contribution in [1.82, 2.24) is 5.48 Å². The molecule has 1 N–H and O–H groups in total. The average molecular weight is 129 g/mol. The van der Waals surface area contributed by atoms with Crippen LogP contribution in [-0.2, 0) is 14.4 Å². The van der Waals surface area contributed by atoms with Gasteiger partial charge in [0, 0.05) is 6.42 Å². The Morgan fingerprint density at radius 1 is 1.44 bits per heavy atom. The number of hydrogen-bond donors (Lipinski definition) is 1. The summed E-state index contributed by atoms with van der Waals surface area (Å²) in [4.78, 5) is 25.5. The molecule has 0 radical (unpaired) electrons. The normalized spacial score (nSPS) is 20.9. The largest absolute Gasteiger partial charge is 0.299 e. The van der Waals surface area contributed by atoms with Crippen molar-refractivity contribution in [3.05, 3.63) is 0 Å². The van der Waals surface area contributed by atoms with Crippen LogP contribution >= 0.6 is 0 Å². The van der Waals surface area contributed by atoms with Gasteiger partial charge < -0.3 is 0 Å². The van der Waals surface area contributed by atoms with Crippen molar-refractivity contribution in [2.24, 2.45) is 0 Å². The summed E-state index contributed by atoms with van der Waals surface area (Å²) in [6.07, 6.45) is 0.290. The Morgan fingerprint density at radius 2 is 2.22 bits per heavy atom. The molecular formula is C5H7NO3. The first kappa shape index (κ1) is 6.22. The lowest BCUT2D eigenvalue weighted by Gasteiger charge is -1.94. The number of ketones is 1. The van der Waals surface area contributed by atoms with E-state index in [1.54, 1.807) is 0 Å². The van der Waals surface area contributed by atoms with Gasteiger partial charge >= 0.3 is 0 Å². The number of carbonyl (C=O) groups excluding carboxylic acids is 2. The lowest BCUT2D eigenvalue weighted by atomic mass is 10.2. The van der Waals surface area contributed by atoms with Gasteiger partial charge in [-0.15, -0.1) is 0 Å². The standard InChI is InChI=1S/C5H7NO3/c7-4-1-2-9-6-5(8)3-4/h1-3H2,(H,6,8). The van der Waals surface area contributed by atoms with Gasteiger partial charge in [0.05, 0.1) is 13.0 Å². The second kappa shape index (κ2) is 2.59. The lowest BCUT2D eigenvalue weighted by molar-refractivity contribution is -0.132. The molecule has 1 rings (SSSR count). The predicted molar refractivity (Wildman–Crippen MR) is 28.3 cm³/mol. The van der Waals surface area contributed by atoms with Crippen LogP contribution in [0, 0.1) is 0 Å². The lowest BCUT2D eigenvalue weighted by Crippen LogP contribution is -2.21. The summed E-state index contributed by atoms with van der Waals surface area (Å²) in [5.41, 5.74) is 2.12. The number of hydrogen-bond acceptors (Lipinski definition) is 3. The van der Waals surface area contributed by atoms with E-state index < -0.39 is 0 Å². The fraction of sp³-hybridized carbons (Fsp3) is 0.600. The fourth-order valence-corrected chi connectivity index (χ4v) is 0.600. The molecule has 0 aromatic carbocycles. The first-order valence-electron chi connectivity index (χ1n) is 2.71. The van der Waals surface area contributed by atoms with Gasteiger partial charge in [-0.05, 0) is 0 Å². The Bertz CT molecular complexity index is 127. The third kappa shape index (κ3) is 1.81. The van der Waals surface area contributed by atoms with Gasteiger partial charge in [0.25, 0.3) is 5.91 Å². The molecular weight excluding hydrogens is 122 g/mol. The van der Waals surface area contributed by atoms with E-state index in [1.165, 1.54) is 0 Å². The second-order valence-electron chi connectivity index (χ2n) is 1.84. The van der Waals surface area contributed by atoms with Crippen molar-refractivity contribution in [2.45, 2.75) is 12.8 Å². The molecule has 4 heteroatoms. The maximum atomic E-state index is 10.6. The molecule has 0 bridgehead atoms. The van der Waals surface area contributed by atoms with Crippen LogP contribution in [0.5, 0.6) is 0 Å². The molecule has 9 heavy (non-hydrogen) atoms. The monoisotopic (exact) mass is 129 g/mol. The topological polar surface area (TPSA) is 55.4 Å². The summed E-state index contributed by atoms with van der Waals surface area (Å²) in [6, 6.07) is 0. The number of nitrogens with one attached hydrogen (secondary N) is 1. The van der Waals surface area contributed by atoms with E-state index in [1.807, 2.05) is 0 Å². The maximum Gasteiger partial charge on any atom is 0.250 e. The van der Waals surface area contributed by atoms with Gasteiger partial charge in [-0.1, -0.05) is 0 Å². The molecule has 1 amide bonds. The van der Waals surface area contributed by atoms with Crippen molar-refractivity contribution in [3.63, 3.8) is 0 Å². The molecule has 0 aliphatic carbocycles. The van der Waals surface area contributed by atoms with Crippen LogP contribution < -0.4 is 5.48 Å². The van der Waals surface area contributed by atoms with Crippen LogP contribution in [0.2, 0.25) is 0 Å². The number of hydroxylamine groups is 1. The van der Waals surface area contributed by atoms with Crippen molar-refractivity contribution in [2.75, 3.05) is 6.61 Å². The van der Waals surface area contributed by atoms with Crippen molar-refractivity contribution >= 4 is 11.7 Å². The highest BCUT2D eigenvalue weighted by Gasteiger charge is 2.12. The quantitative estimate of drug-likeness (QED) is 0.444. The van der Waals surface area contributed by atoms with Crippen LogP contribution in [0.4, 0.5) is 0 Å². The molecule has 0 unspecified atom stereocenters. The molecule has 1 fully saturated rings. The van der Waals surface area contributed by atoms with Gasteiger partial charge in [0.1, 0.15) is 5.78 Å². The second-order valence-corrected chi connectivity index (χ2v) is 1.84. The fourth-order valence-electron chi connectivity index (χ4n) is 0.600. The first-order chi connectivity index (χ1) is 4.29. The zero-order valence-corrected chi connectivity index (χ0v) is 4.85. The summed E-state index contributed by atoms with van der Waals surface area (Å²) in [7, 11) is 0. The Hall–Kier alpha value is -0.900. The first-order valence-corrected chi connectivity index (χ1v) is 2.71. The zero-order valence-electron chi connectivity index (χ0n) is 4.85. The highest BCUT2D eigenvalue weighted by atomic mass is 16.7. The summed E-state index contributed by atoms with van der Waals surface area (Å²) >= 11 is 0. The van der Waals surface area contributed by atoms with Gasteiger partial charge in [-0.25, -0.2) is 5.48 Å². The molecule has 0 spiro atoms. The van der Waals surface area contributed by atoms with E-state index >= 15 is 0 Å². The summed E-state index contributed by atoms with van der Waals surface area (Å²) in [5, 5.41) is 0. The molecule has 0 aromatic heterocycles. The summed E-state index contributed by atoms with van der Waals surface area (Å²) in [5.74, 6) is -0.414. The number of Topliss-reactive ketones (excluding diaryl/α,β-unsaturated/α-hetero) is 1. The Balaban J connectivity index is 2.47. The van der Waals surface area contributed by atoms with E-state index in [0.29, 0.717) is 13.0 Å². The highest BCUT2D eigenvalue weighted by molar-refractivity contribution is 5.98. The van der Waals surface area contributed by atoms with Crippen LogP contribution in [0.3, 0.4) is 0 Å². The minimum absolute atomic E-state index is 0.0417. The molecule has 1 saturated heterocycles. The highest BCUT2D eigenvalue weighted by Crippen LogP contribution is 1.94. The average Bonchev–Trinajstić information content (AvgIpc) is 1.93. The maximum absolute atomic E-state index is 10.6. The molecule has 0 aromatic rings. The van der Waals surface area contributed by atoms with Crippen molar-refractivity contribution in [3.8, 4) is 0 Å². The number of amides is 1. The predicted octanol–water partition coefficient (Wildman–Crippen LogP) is -0.603. The molecule has 50 valence electrons. The van der Waals surface area contributed by atoms with E-state index in [-0.39, 0.29) is 18.1 Å². The van der Waals surface area contributed by atoms with Gasteiger partial charge in [0.15, 0.2) is 0 Å². The molecule has 1 heterocycles. The van der Waals surface area contributed by atoms with Crippen molar-refractivity contribution in [1.29, 1.82) is 0 Å². The third-order valence-electron chi connectivity index (χ3n) is 1.03. The Kier molecular flexibility index (Phi) is 1.79. The van der Waals surface area contributed by atoms with Gasteiger partial charge in [-0.3, -0.25) is 14.4 Å². The smallest absolute Gasteiger partial charge is 0.250 e. The van der Waals surface area contributed by atoms with Crippen molar-refractivity contribution < 1.29 is 14.4 Å². The summed E-state index contributed by atoms with van der Waals surface area (Å²) < 4.78 is 0. The van der Waals surface area contributed by atoms with E-state index in [4.69, 9.17) is 0 Å². The van der Waals surface area contributed by atoms with Gasteiger partial charge in [0.2, 0.25) is 0 Å². The molecule has 1 aliphatic rings. The van der Waals surface area contributed by atoms with Crippen LogP contribution in [0.25, 0.3) is 0 Å². The molecule has 4 nitrogen and oxygen atoms in total. The Labute approximate surface area is 52.1 Å². The number of rotatable bonds is 0. The molecule has 0 saturated carbocycles. The van der Waals surface area contributed by atoms with E-state index in [9.17, 15) is 9.59 Å². The summed E-state index contributed by atoms with van der Waals surface area (Å²) in [6.45, 7) is 0.296. The minimum atomic E-state index is -0.350. The van der Waals surface area contributed by atoms with E-state index in [2.05, 4.69) is 10.3 Å². The molecule has 1 aliphatic heterocycles. The SMILES string of the molecule is O=C1CCONC(=O)C1. The van der Waals surface area contributed by atoms with Crippen LogP contribution in [0.15, 0.2) is 0 Å². The zero-order chi connectivity index (χ0) is 6.69. The minimum Gasteiger partial charge on any atom is -0.299 e. The number of carbonyl (C=O) groups is 2. The van der Waals surface area contributed by atoms with Crippen LogP contribution in [-0.4, -0.2) is 18.3 Å². The van der Waals surface area contributed by atoms with E-state index in [0.717, 1.165) is 0 Å². The van der Waals surface area contributed by atoms with Gasteiger partial charge in [-0.2, -0.15) is 0 Å². The third-order valence-corrected chi connectivity index (χ3v) is 1.03.